The molecular formula is C27H33N5O2S. The number of nitrogens with two attached hydrogens (primary N) is 1. The van der Waals surface area contributed by atoms with E-state index >= 15 is 0 Å². The molecule has 1 aliphatic carbocycles. The van der Waals surface area contributed by atoms with Gasteiger partial charge < -0.3 is 16.0 Å². The molecule has 0 bridgehead atoms. The number of amides is 2. The smallest absolute Gasteiger partial charge is 0.268 e. The molecule has 0 atom stereocenters. The van der Waals surface area contributed by atoms with E-state index in [0.717, 1.165) is 56.0 Å². The lowest BCUT2D eigenvalue weighted by Crippen LogP contribution is -2.42. The van der Waals surface area contributed by atoms with Gasteiger partial charge in [-0.2, -0.15) is 11.8 Å². The molecule has 3 heterocycles. The summed E-state index contributed by atoms with van der Waals surface area (Å²) in [7, 11) is 0. The van der Waals surface area contributed by atoms with Crippen LogP contribution in [0, 0.1) is 0 Å². The van der Waals surface area contributed by atoms with Crippen LogP contribution in [-0.2, 0) is 16.6 Å². The van der Waals surface area contributed by atoms with Gasteiger partial charge in [-0.15, -0.1) is 0 Å². The standard InChI is InChI=1S/C27H33N5O2S/c28-21-9-7-20(8-10-21)27(11-2-1-3-12-27)19-29-26(34)23-5-4-6-24-30-22(18-32(23)24)17-25(33)31-13-15-35-16-14-31/h4-10,18H,1-3,11-17,19,28H2,(H,29,34). The van der Waals surface area contributed by atoms with Gasteiger partial charge in [0.2, 0.25) is 5.91 Å². The molecule has 5 rings (SSSR count). The van der Waals surface area contributed by atoms with Crippen LogP contribution in [0.3, 0.4) is 0 Å². The Balaban J connectivity index is 1.32. The second kappa shape index (κ2) is 10.3. The van der Waals surface area contributed by atoms with E-state index in [1.807, 2.05) is 53.2 Å². The SMILES string of the molecule is Nc1ccc(C2(CNC(=O)c3cccc4nc(CC(=O)N5CCSCC5)cn34)CCCCC2)cc1. The molecule has 1 saturated carbocycles. The average Bonchev–Trinajstić information content (AvgIpc) is 3.31. The Bertz CT molecular complexity index is 1190. The lowest BCUT2D eigenvalue weighted by molar-refractivity contribution is -0.130. The number of fused-ring (bicyclic) bond motifs is 1. The summed E-state index contributed by atoms with van der Waals surface area (Å²) in [5.74, 6) is 1.94. The van der Waals surface area contributed by atoms with Crippen molar-refractivity contribution < 1.29 is 9.59 Å². The minimum absolute atomic E-state index is 0.0747. The topological polar surface area (TPSA) is 92.7 Å². The number of anilines is 1. The van der Waals surface area contributed by atoms with Gasteiger partial charge in [0.25, 0.3) is 5.91 Å². The number of aromatic nitrogens is 2. The Hall–Kier alpha value is -3.00. The quantitative estimate of drug-likeness (QED) is 0.514. The van der Waals surface area contributed by atoms with E-state index in [-0.39, 0.29) is 23.7 Å². The fourth-order valence-electron chi connectivity index (χ4n) is 5.38. The lowest BCUT2D eigenvalue weighted by Gasteiger charge is -2.38. The second-order valence-electron chi connectivity index (χ2n) is 9.69. The molecule has 0 radical (unpaired) electrons. The number of nitrogens with zero attached hydrogens (tertiary/aromatic N) is 3. The second-order valence-corrected chi connectivity index (χ2v) is 10.9. The van der Waals surface area contributed by atoms with E-state index in [4.69, 9.17) is 5.73 Å². The fraction of sp³-hybridized carbons (Fsp3) is 0.444. The molecule has 1 aromatic carbocycles. The highest BCUT2D eigenvalue weighted by Crippen LogP contribution is 2.39. The van der Waals surface area contributed by atoms with Crippen molar-refractivity contribution in [3.8, 4) is 0 Å². The first-order valence-electron chi connectivity index (χ1n) is 12.5. The van der Waals surface area contributed by atoms with Gasteiger partial charge in [0.05, 0.1) is 12.1 Å². The number of hydrogen-bond donors (Lipinski definition) is 2. The van der Waals surface area contributed by atoms with Crippen LogP contribution in [0.5, 0.6) is 0 Å². The van der Waals surface area contributed by atoms with Crippen molar-refractivity contribution >= 4 is 34.9 Å². The van der Waals surface area contributed by atoms with Gasteiger partial charge in [-0.3, -0.25) is 14.0 Å². The zero-order chi connectivity index (χ0) is 24.3. The molecule has 2 aliphatic rings. The Morgan fingerprint density at radius 1 is 1.03 bits per heavy atom. The van der Waals surface area contributed by atoms with Gasteiger partial charge in [0.15, 0.2) is 0 Å². The first kappa shape index (κ1) is 23.7. The van der Waals surface area contributed by atoms with Crippen molar-refractivity contribution in [2.24, 2.45) is 0 Å². The number of benzene rings is 1. The summed E-state index contributed by atoms with van der Waals surface area (Å²) in [6, 6.07) is 13.6. The molecule has 2 aromatic heterocycles. The molecule has 3 N–H and O–H groups in total. The largest absolute Gasteiger partial charge is 0.399 e. The highest BCUT2D eigenvalue weighted by Gasteiger charge is 2.34. The van der Waals surface area contributed by atoms with Gasteiger partial charge in [0, 0.05) is 48.4 Å². The van der Waals surface area contributed by atoms with Crippen molar-refractivity contribution in [1.82, 2.24) is 19.6 Å². The zero-order valence-electron chi connectivity index (χ0n) is 20.0. The Morgan fingerprint density at radius 2 is 1.77 bits per heavy atom. The summed E-state index contributed by atoms with van der Waals surface area (Å²) in [5.41, 5.74) is 9.75. The van der Waals surface area contributed by atoms with Gasteiger partial charge >= 0.3 is 0 Å². The third kappa shape index (κ3) is 5.17. The van der Waals surface area contributed by atoms with E-state index < -0.39 is 0 Å². The molecule has 35 heavy (non-hydrogen) atoms. The summed E-state index contributed by atoms with van der Waals surface area (Å²) in [5, 5.41) is 3.22. The fourth-order valence-corrected chi connectivity index (χ4v) is 6.29. The maximum Gasteiger partial charge on any atom is 0.268 e. The number of nitrogen functional groups attached to an aromatic ring is 1. The first-order chi connectivity index (χ1) is 17.0. The number of carbonyl (C=O) groups is 2. The maximum absolute atomic E-state index is 13.4. The number of nitrogens with one attached hydrogen (secondary N) is 1. The number of rotatable bonds is 6. The number of imidazole rings is 1. The molecule has 3 aromatic rings. The highest BCUT2D eigenvalue weighted by atomic mass is 32.2. The molecule has 1 saturated heterocycles. The van der Waals surface area contributed by atoms with E-state index in [1.54, 1.807) is 4.40 Å². The summed E-state index contributed by atoms with van der Waals surface area (Å²) in [6.45, 7) is 2.17. The molecule has 0 spiro atoms. The van der Waals surface area contributed by atoms with Crippen LogP contribution in [0.25, 0.3) is 5.65 Å². The Morgan fingerprint density at radius 3 is 2.51 bits per heavy atom. The van der Waals surface area contributed by atoms with Crippen molar-refractivity contribution in [3.05, 3.63) is 65.6 Å². The van der Waals surface area contributed by atoms with Crippen LogP contribution >= 0.6 is 11.8 Å². The van der Waals surface area contributed by atoms with E-state index in [2.05, 4.69) is 22.4 Å². The van der Waals surface area contributed by atoms with Crippen LogP contribution < -0.4 is 11.1 Å². The minimum atomic E-state index is -0.126. The molecule has 2 fully saturated rings. The maximum atomic E-state index is 13.4. The normalized spacial score (nSPS) is 17.9. The van der Waals surface area contributed by atoms with Crippen LogP contribution in [0.4, 0.5) is 5.69 Å². The first-order valence-corrected chi connectivity index (χ1v) is 13.7. The van der Waals surface area contributed by atoms with Gasteiger partial charge in [-0.05, 0) is 42.7 Å². The third-order valence-electron chi connectivity index (χ3n) is 7.39. The molecular weight excluding hydrogens is 458 g/mol. The predicted octanol–water partition coefficient (Wildman–Crippen LogP) is 3.67. The molecule has 2 amide bonds. The van der Waals surface area contributed by atoms with Crippen LogP contribution in [0.2, 0.25) is 0 Å². The zero-order valence-corrected chi connectivity index (χ0v) is 20.9. The van der Waals surface area contributed by atoms with Crippen LogP contribution in [0.1, 0.15) is 53.8 Å². The van der Waals surface area contributed by atoms with E-state index in [0.29, 0.717) is 23.6 Å². The van der Waals surface area contributed by atoms with E-state index in [9.17, 15) is 9.59 Å². The van der Waals surface area contributed by atoms with Crippen LogP contribution in [-0.4, -0.2) is 57.2 Å². The molecule has 7 nitrogen and oxygen atoms in total. The minimum Gasteiger partial charge on any atom is -0.399 e. The predicted molar refractivity (Wildman–Crippen MR) is 141 cm³/mol. The lowest BCUT2D eigenvalue weighted by atomic mass is 9.69. The highest BCUT2D eigenvalue weighted by molar-refractivity contribution is 7.99. The third-order valence-corrected chi connectivity index (χ3v) is 8.33. The Kier molecular flexibility index (Phi) is 7.00. The monoisotopic (exact) mass is 491 g/mol. The molecule has 184 valence electrons. The molecule has 0 unspecified atom stereocenters. The number of hydrogen-bond acceptors (Lipinski definition) is 5. The van der Waals surface area contributed by atoms with Crippen LogP contribution in [0.15, 0.2) is 48.7 Å². The number of pyridine rings is 1. The van der Waals surface area contributed by atoms with Crippen molar-refractivity contribution in [1.29, 1.82) is 0 Å². The van der Waals surface area contributed by atoms with Gasteiger partial charge in [0.1, 0.15) is 11.3 Å². The Labute approximate surface area is 210 Å². The van der Waals surface area contributed by atoms with Gasteiger partial charge in [-0.25, -0.2) is 4.98 Å². The average molecular weight is 492 g/mol. The number of thioether (sulfide) groups is 1. The molecule has 8 heteroatoms. The number of carbonyl (C=O) groups excluding carboxylic acids is 2. The summed E-state index contributed by atoms with van der Waals surface area (Å²) in [6.07, 6.45) is 7.73. The van der Waals surface area contributed by atoms with Crippen molar-refractivity contribution in [2.45, 2.75) is 43.9 Å². The van der Waals surface area contributed by atoms with E-state index in [1.165, 1.54) is 12.0 Å². The molecule has 1 aliphatic heterocycles. The van der Waals surface area contributed by atoms with Crippen molar-refractivity contribution in [2.75, 3.05) is 36.9 Å². The summed E-state index contributed by atoms with van der Waals surface area (Å²) in [4.78, 5) is 32.6. The summed E-state index contributed by atoms with van der Waals surface area (Å²) < 4.78 is 1.81. The summed E-state index contributed by atoms with van der Waals surface area (Å²) >= 11 is 1.88. The van der Waals surface area contributed by atoms with Gasteiger partial charge in [-0.1, -0.05) is 37.5 Å². The van der Waals surface area contributed by atoms with Crippen molar-refractivity contribution in [3.63, 3.8) is 0 Å².